The molecule has 0 spiro atoms. The van der Waals surface area contributed by atoms with Gasteiger partial charge in [-0.3, -0.25) is 0 Å². The summed E-state index contributed by atoms with van der Waals surface area (Å²) in [6.45, 7) is 5.08. The second kappa shape index (κ2) is 6.45. The van der Waals surface area contributed by atoms with Crippen molar-refractivity contribution in [3.63, 3.8) is 0 Å². The number of halogens is 1. The van der Waals surface area contributed by atoms with Crippen LogP contribution >= 0.6 is 27.3 Å². The Labute approximate surface area is 121 Å². The lowest BCUT2D eigenvalue weighted by Crippen LogP contribution is -2.20. The maximum atomic E-state index is 4.47. The minimum atomic E-state index is 0.391. The van der Waals surface area contributed by atoms with Gasteiger partial charge in [-0.15, -0.1) is 11.3 Å². The molecule has 2 aromatic rings. The van der Waals surface area contributed by atoms with Crippen molar-refractivity contribution in [3.8, 4) is 0 Å². The van der Waals surface area contributed by atoms with E-state index in [1.165, 1.54) is 5.56 Å². The van der Waals surface area contributed by atoms with Crippen LogP contribution in [0.5, 0.6) is 0 Å². The van der Waals surface area contributed by atoms with E-state index in [9.17, 15) is 0 Å². The van der Waals surface area contributed by atoms with Crippen LogP contribution in [-0.4, -0.2) is 4.98 Å². The molecule has 2 rings (SSSR count). The second-order valence-corrected chi connectivity index (χ2v) is 6.13. The van der Waals surface area contributed by atoms with Gasteiger partial charge in [-0.25, -0.2) is 4.98 Å². The zero-order chi connectivity index (χ0) is 13.0. The molecule has 18 heavy (non-hydrogen) atoms. The van der Waals surface area contributed by atoms with E-state index >= 15 is 0 Å². The first-order valence-electron chi connectivity index (χ1n) is 6.09. The van der Waals surface area contributed by atoms with E-state index in [1.807, 2.05) is 6.92 Å². The normalized spacial score (nSPS) is 12.6. The fourth-order valence-corrected chi connectivity index (χ4v) is 2.87. The third-order valence-corrected chi connectivity index (χ3v) is 4.34. The van der Waals surface area contributed by atoms with Crippen molar-refractivity contribution >= 4 is 27.3 Å². The Balaban J connectivity index is 1.99. The number of rotatable bonds is 5. The number of hydrogen-bond acceptors (Lipinski definition) is 3. The molecule has 0 bridgehead atoms. The minimum absolute atomic E-state index is 0.391. The summed E-state index contributed by atoms with van der Waals surface area (Å²) < 4.78 is 1.12. The number of nitrogens with one attached hydrogen (secondary N) is 1. The molecule has 1 unspecified atom stereocenters. The molecule has 4 heteroatoms. The largest absolute Gasteiger partial charge is 0.304 e. The molecule has 96 valence electrons. The maximum Gasteiger partial charge on any atom is 0.107 e. The number of aryl methyl sites for hydroxylation is 1. The molecular formula is C14H17BrN2S. The second-order valence-electron chi connectivity index (χ2n) is 4.28. The molecule has 1 heterocycles. The Hall–Kier alpha value is -0.710. The molecule has 2 nitrogen and oxygen atoms in total. The highest BCUT2D eigenvalue weighted by Crippen LogP contribution is 2.20. The quantitative estimate of drug-likeness (QED) is 0.878. The molecule has 0 saturated carbocycles. The Kier molecular flexibility index (Phi) is 4.92. The predicted molar refractivity (Wildman–Crippen MR) is 80.9 cm³/mol. The van der Waals surface area contributed by atoms with Gasteiger partial charge in [0.15, 0.2) is 0 Å². The van der Waals surface area contributed by atoms with Gasteiger partial charge in [0.05, 0.1) is 0 Å². The Morgan fingerprint density at radius 2 is 2.06 bits per heavy atom. The van der Waals surface area contributed by atoms with Crippen molar-refractivity contribution < 1.29 is 0 Å². The molecule has 0 aliphatic heterocycles. The zero-order valence-electron chi connectivity index (χ0n) is 10.6. The molecule has 1 atom stereocenters. The summed E-state index contributed by atoms with van der Waals surface area (Å²) in [5, 5.41) is 6.82. The number of nitrogens with zero attached hydrogens (tertiary/aromatic N) is 1. The molecule has 0 aliphatic carbocycles. The summed E-state index contributed by atoms with van der Waals surface area (Å²) in [6.07, 6.45) is 1.08. The maximum absolute atomic E-state index is 4.47. The third-order valence-electron chi connectivity index (χ3n) is 2.85. The molecule has 0 aliphatic rings. The average molecular weight is 325 g/mol. The van der Waals surface area contributed by atoms with E-state index in [1.54, 1.807) is 11.3 Å². The van der Waals surface area contributed by atoms with Crippen LogP contribution in [0.2, 0.25) is 0 Å². The monoisotopic (exact) mass is 324 g/mol. The van der Waals surface area contributed by atoms with Crippen molar-refractivity contribution in [3.05, 3.63) is 50.4 Å². The smallest absolute Gasteiger partial charge is 0.107 e. The first kappa shape index (κ1) is 13.7. The van der Waals surface area contributed by atoms with Crippen LogP contribution in [0.1, 0.15) is 35.7 Å². The first-order chi connectivity index (χ1) is 8.69. The van der Waals surface area contributed by atoms with Crippen LogP contribution < -0.4 is 5.32 Å². The molecule has 0 radical (unpaired) electrons. The molecular weight excluding hydrogens is 308 g/mol. The van der Waals surface area contributed by atoms with Crippen LogP contribution in [0, 0.1) is 6.92 Å². The Bertz CT molecular complexity index is 493. The lowest BCUT2D eigenvalue weighted by molar-refractivity contribution is 0.518. The molecule has 1 N–H and O–H groups in total. The summed E-state index contributed by atoms with van der Waals surface area (Å²) in [5.41, 5.74) is 2.43. The lowest BCUT2D eigenvalue weighted by Gasteiger charge is -2.16. The average Bonchev–Trinajstić information content (AvgIpc) is 2.78. The van der Waals surface area contributed by atoms with Crippen molar-refractivity contribution in [2.24, 2.45) is 0 Å². The van der Waals surface area contributed by atoms with Crippen molar-refractivity contribution in [1.82, 2.24) is 10.3 Å². The Morgan fingerprint density at radius 1 is 1.33 bits per heavy atom. The van der Waals surface area contributed by atoms with E-state index in [2.05, 4.69) is 62.8 Å². The standard InChI is InChI=1S/C14H17BrN2S/c1-3-13(11-4-6-12(15)7-5-11)16-8-14-17-10(2)9-18-14/h4-7,9,13,16H,3,8H2,1-2H3. The fourth-order valence-electron chi connectivity index (χ4n) is 1.89. The number of hydrogen-bond donors (Lipinski definition) is 1. The van der Waals surface area contributed by atoms with Gasteiger partial charge in [-0.2, -0.15) is 0 Å². The van der Waals surface area contributed by atoms with Crippen LogP contribution in [0.4, 0.5) is 0 Å². The fraction of sp³-hybridized carbons (Fsp3) is 0.357. The van der Waals surface area contributed by atoms with Crippen molar-refractivity contribution in [1.29, 1.82) is 0 Å². The highest BCUT2D eigenvalue weighted by atomic mass is 79.9. The molecule has 0 amide bonds. The van der Waals surface area contributed by atoms with Crippen LogP contribution in [-0.2, 0) is 6.54 Å². The van der Waals surface area contributed by atoms with E-state index < -0.39 is 0 Å². The van der Waals surface area contributed by atoms with Gasteiger partial charge >= 0.3 is 0 Å². The minimum Gasteiger partial charge on any atom is -0.304 e. The highest BCUT2D eigenvalue weighted by molar-refractivity contribution is 9.10. The van der Waals surface area contributed by atoms with Gasteiger partial charge in [0.1, 0.15) is 5.01 Å². The molecule has 1 aromatic heterocycles. The van der Waals surface area contributed by atoms with Gasteiger partial charge in [0, 0.05) is 28.1 Å². The van der Waals surface area contributed by atoms with E-state index in [0.717, 1.165) is 28.1 Å². The summed E-state index contributed by atoms with van der Waals surface area (Å²) in [4.78, 5) is 4.47. The summed E-state index contributed by atoms with van der Waals surface area (Å²) in [6, 6.07) is 8.90. The predicted octanol–water partition coefficient (Wildman–Crippen LogP) is 4.45. The van der Waals surface area contributed by atoms with E-state index in [-0.39, 0.29) is 0 Å². The number of thiazole rings is 1. The van der Waals surface area contributed by atoms with Gasteiger partial charge < -0.3 is 5.32 Å². The summed E-state index contributed by atoms with van der Waals surface area (Å²) in [5.74, 6) is 0. The lowest BCUT2D eigenvalue weighted by atomic mass is 10.1. The molecule has 0 fully saturated rings. The summed E-state index contributed by atoms with van der Waals surface area (Å²) >= 11 is 5.18. The highest BCUT2D eigenvalue weighted by Gasteiger charge is 2.09. The molecule has 0 saturated heterocycles. The van der Waals surface area contributed by atoms with E-state index in [0.29, 0.717) is 6.04 Å². The van der Waals surface area contributed by atoms with Crippen LogP contribution in [0.15, 0.2) is 34.1 Å². The van der Waals surface area contributed by atoms with Crippen molar-refractivity contribution in [2.45, 2.75) is 32.9 Å². The van der Waals surface area contributed by atoms with Gasteiger partial charge in [0.25, 0.3) is 0 Å². The zero-order valence-corrected chi connectivity index (χ0v) is 13.0. The Morgan fingerprint density at radius 3 is 2.61 bits per heavy atom. The van der Waals surface area contributed by atoms with Gasteiger partial charge in [0.2, 0.25) is 0 Å². The topological polar surface area (TPSA) is 24.9 Å². The van der Waals surface area contributed by atoms with Gasteiger partial charge in [-0.1, -0.05) is 35.0 Å². The van der Waals surface area contributed by atoms with Crippen LogP contribution in [0.3, 0.4) is 0 Å². The van der Waals surface area contributed by atoms with Gasteiger partial charge in [-0.05, 0) is 31.0 Å². The summed E-state index contributed by atoms with van der Waals surface area (Å²) in [7, 11) is 0. The SMILES string of the molecule is CCC(NCc1nc(C)cs1)c1ccc(Br)cc1. The molecule has 1 aromatic carbocycles. The number of aromatic nitrogens is 1. The number of benzene rings is 1. The third kappa shape index (κ3) is 3.64. The van der Waals surface area contributed by atoms with Crippen LogP contribution in [0.25, 0.3) is 0 Å². The van der Waals surface area contributed by atoms with Crippen molar-refractivity contribution in [2.75, 3.05) is 0 Å². The van der Waals surface area contributed by atoms with E-state index in [4.69, 9.17) is 0 Å². The first-order valence-corrected chi connectivity index (χ1v) is 7.76.